The molecule has 0 amide bonds. The first kappa shape index (κ1) is 14.9. The third kappa shape index (κ3) is 5.81. The van der Waals surface area contributed by atoms with Gasteiger partial charge in [-0.2, -0.15) is 0 Å². The van der Waals surface area contributed by atoms with Gasteiger partial charge in [0.1, 0.15) is 0 Å². The molecular formula is C11H24N2O3S. The van der Waals surface area contributed by atoms with Crippen LogP contribution >= 0.6 is 0 Å². The quantitative estimate of drug-likeness (QED) is 0.664. The van der Waals surface area contributed by atoms with E-state index >= 15 is 0 Å². The fourth-order valence-corrected chi connectivity index (χ4v) is 3.05. The van der Waals surface area contributed by atoms with Crippen LogP contribution in [0.1, 0.15) is 26.2 Å². The Hall–Kier alpha value is -0.170. The van der Waals surface area contributed by atoms with E-state index in [0.717, 1.165) is 32.4 Å². The summed E-state index contributed by atoms with van der Waals surface area (Å²) < 4.78 is 24.4. The minimum absolute atomic E-state index is 0.277. The highest BCUT2D eigenvalue weighted by molar-refractivity contribution is 7.88. The highest BCUT2D eigenvalue weighted by Crippen LogP contribution is 2.17. The van der Waals surface area contributed by atoms with Crippen molar-refractivity contribution in [2.75, 3.05) is 32.4 Å². The molecule has 102 valence electrons. The fourth-order valence-electron chi connectivity index (χ4n) is 2.11. The van der Waals surface area contributed by atoms with Crippen LogP contribution in [0.4, 0.5) is 0 Å². The van der Waals surface area contributed by atoms with E-state index < -0.39 is 10.0 Å². The molecule has 0 aromatic heterocycles. The van der Waals surface area contributed by atoms with Crippen molar-refractivity contribution >= 4 is 10.0 Å². The van der Waals surface area contributed by atoms with Crippen molar-refractivity contribution in [2.24, 2.45) is 5.92 Å². The third-order valence-corrected chi connectivity index (χ3v) is 4.39. The summed E-state index contributed by atoms with van der Waals surface area (Å²) in [5, 5.41) is 12.4. The summed E-state index contributed by atoms with van der Waals surface area (Å²) in [6.45, 7) is 4.67. The first-order valence-electron chi connectivity index (χ1n) is 6.23. The van der Waals surface area contributed by atoms with Gasteiger partial charge in [0, 0.05) is 13.1 Å². The molecule has 1 rings (SSSR count). The normalized spacial score (nSPS) is 24.8. The van der Waals surface area contributed by atoms with Crippen molar-refractivity contribution < 1.29 is 13.5 Å². The average molecular weight is 264 g/mol. The van der Waals surface area contributed by atoms with Crippen LogP contribution in [0.3, 0.4) is 0 Å². The monoisotopic (exact) mass is 264 g/mol. The summed E-state index contributed by atoms with van der Waals surface area (Å²) in [6, 6.07) is 0. The Balaban J connectivity index is 2.26. The number of nitrogens with one attached hydrogen (secondary N) is 1. The summed E-state index contributed by atoms with van der Waals surface area (Å²) in [5.74, 6) is 0.396. The zero-order valence-electron chi connectivity index (χ0n) is 10.7. The van der Waals surface area contributed by atoms with E-state index in [4.69, 9.17) is 5.11 Å². The van der Waals surface area contributed by atoms with Crippen molar-refractivity contribution in [3.05, 3.63) is 0 Å². The van der Waals surface area contributed by atoms with Gasteiger partial charge in [0.15, 0.2) is 0 Å². The molecule has 1 aliphatic rings. The summed E-state index contributed by atoms with van der Waals surface area (Å²) in [5.41, 5.74) is 0. The van der Waals surface area contributed by atoms with E-state index in [1.54, 1.807) is 11.2 Å². The Labute approximate surface area is 104 Å². The molecule has 0 aliphatic carbocycles. The van der Waals surface area contributed by atoms with Crippen molar-refractivity contribution in [3.8, 4) is 0 Å². The molecule has 0 radical (unpaired) electrons. The topological polar surface area (TPSA) is 69.6 Å². The second-order valence-corrected chi connectivity index (χ2v) is 6.95. The summed E-state index contributed by atoms with van der Waals surface area (Å²) in [4.78, 5) is 0. The highest BCUT2D eigenvalue weighted by atomic mass is 32.2. The predicted octanol–water partition coefficient (Wildman–Crippen LogP) is 0.0185. The Morgan fingerprint density at radius 2 is 2.24 bits per heavy atom. The van der Waals surface area contributed by atoms with Gasteiger partial charge in [-0.1, -0.05) is 0 Å². The molecule has 1 saturated heterocycles. The Kier molecular flexibility index (Phi) is 5.85. The number of nitrogens with zero attached hydrogens (tertiary/aromatic N) is 1. The maximum absolute atomic E-state index is 11.4. The van der Waals surface area contributed by atoms with Gasteiger partial charge >= 0.3 is 0 Å². The van der Waals surface area contributed by atoms with Crippen LogP contribution in [0.2, 0.25) is 0 Å². The van der Waals surface area contributed by atoms with Crippen LogP contribution in [0.25, 0.3) is 0 Å². The van der Waals surface area contributed by atoms with Crippen molar-refractivity contribution in [1.82, 2.24) is 9.62 Å². The van der Waals surface area contributed by atoms with Crippen LogP contribution in [-0.4, -0.2) is 56.4 Å². The van der Waals surface area contributed by atoms with Gasteiger partial charge in [0.2, 0.25) is 10.0 Å². The standard InChI is InChI=1S/C11H24N2O3S/c1-10(14)5-6-12-8-11-4-3-7-13(9-11)17(2,15)16/h10-12,14H,3-9H2,1-2H3. The molecule has 0 spiro atoms. The summed E-state index contributed by atoms with van der Waals surface area (Å²) >= 11 is 0. The molecule has 1 fully saturated rings. The molecule has 0 aromatic carbocycles. The van der Waals surface area contributed by atoms with E-state index in [0.29, 0.717) is 19.0 Å². The van der Waals surface area contributed by atoms with Gasteiger partial charge in [-0.3, -0.25) is 0 Å². The van der Waals surface area contributed by atoms with Crippen LogP contribution in [0.15, 0.2) is 0 Å². The summed E-state index contributed by atoms with van der Waals surface area (Å²) in [7, 11) is -3.04. The predicted molar refractivity (Wildman–Crippen MR) is 68.3 cm³/mol. The third-order valence-electron chi connectivity index (χ3n) is 3.12. The lowest BCUT2D eigenvalue weighted by molar-refractivity contribution is 0.181. The Morgan fingerprint density at radius 3 is 2.82 bits per heavy atom. The van der Waals surface area contributed by atoms with Crippen LogP contribution in [0.5, 0.6) is 0 Å². The first-order chi connectivity index (χ1) is 7.89. The molecule has 2 atom stereocenters. The molecule has 1 aliphatic heterocycles. The molecule has 5 nitrogen and oxygen atoms in total. The molecular weight excluding hydrogens is 240 g/mol. The number of piperidine rings is 1. The number of hydrogen-bond acceptors (Lipinski definition) is 4. The van der Waals surface area contributed by atoms with Crippen molar-refractivity contribution in [2.45, 2.75) is 32.3 Å². The number of sulfonamides is 1. The first-order valence-corrected chi connectivity index (χ1v) is 8.08. The van der Waals surface area contributed by atoms with Gasteiger partial charge in [-0.25, -0.2) is 12.7 Å². The second-order valence-electron chi connectivity index (χ2n) is 4.97. The summed E-state index contributed by atoms with van der Waals surface area (Å²) in [6.07, 6.45) is 3.75. The molecule has 2 N–H and O–H groups in total. The molecule has 0 saturated carbocycles. The number of hydrogen-bond donors (Lipinski definition) is 2. The van der Waals surface area contributed by atoms with Crippen LogP contribution in [0, 0.1) is 5.92 Å². The van der Waals surface area contributed by atoms with Gasteiger partial charge in [-0.15, -0.1) is 0 Å². The van der Waals surface area contributed by atoms with Gasteiger partial charge in [0.25, 0.3) is 0 Å². The van der Waals surface area contributed by atoms with Gasteiger partial charge in [0.05, 0.1) is 12.4 Å². The largest absolute Gasteiger partial charge is 0.393 e. The molecule has 17 heavy (non-hydrogen) atoms. The Morgan fingerprint density at radius 1 is 1.53 bits per heavy atom. The molecule has 0 aromatic rings. The van der Waals surface area contributed by atoms with Crippen molar-refractivity contribution in [3.63, 3.8) is 0 Å². The Bertz CT molecular complexity index is 317. The minimum Gasteiger partial charge on any atom is -0.393 e. The van der Waals surface area contributed by atoms with E-state index in [1.807, 2.05) is 0 Å². The van der Waals surface area contributed by atoms with Gasteiger partial charge in [-0.05, 0) is 45.2 Å². The molecule has 1 heterocycles. The molecule has 6 heteroatoms. The van der Waals surface area contributed by atoms with E-state index in [1.165, 1.54) is 6.26 Å². The lowest BCUT2D eigenvalue weighted by Gasteiger charge is -2.31. The minimum atomic E-state index is -3.04. The maximum Gasteiger partial charge on any atom is 0.211 e. The number of aliphatic hydroxyl groups is 1. The maximum atomic E-state index is 11.4. The smallest absolute Gasteiger partial charge is 0.211 e. The molecule has 0 bridgehead atoms. The van der Waals surface area contributed by atoms with Crippen LogP contribution < -0.4 is 5.32 Å². The van der Waals surface area contributed by atoms with Crippen molar-refractivity contribution in [1.29, 1.82) is 0 Å². The van der Waals surface area contributed by atoms with E-state index in [9.17, 15) is 8.42 Å². The SMILES string of the molecule is CC(O)CCNCC1CCCN(S(C)(=O)=O)C1. The van der Waals surface area contributed by atoms with Gasteiger partial charge < -0.3 is 10.4 Å². The lowest BCUT2D eigenvalue weighted by atomic mass is 10.00. The van der Waals surface area contributed by atoms with E-state index in [-0.39, 0.29) is 6.10 Å². The second kappa shape index (κ2) is 6.68. The zero-order valence-corrected chi connectivity index (χ0v) is 11.5. The fraction of sp³-hybridized carbons (Fsp3) is 1.00. The lowest BCUT2D eigenvalue weighted by Crippen LogP contribution is -2.42. The zero-order chi connectivity index (χ0) is 12.9. The number of aliphatic hydroxyl groups excluding tert-OH is 1. The van der Waals surface area contributed by atoms with Crippen LogP contribution in [-0.2, 0) is 10.0 Å². The molecule has 2 unspecified atom stereocenters. The highest BCUT2D eigenvalue weighted by Gasteiger charge is 2.25. The van der Waals surface area contributed by atoms with E-state index in [2.05, 4.69) is 5.32 Å². The number of rotatable bonds is 6. The average Bonchev–Trinajstić information content (AvgIpc) is 2.23.